The van der Waals surface area contributed by atoms with Crippen LogP contribution in [0.25, 0.3) is 5.69 Å². The van der Waals surface area contributed by atoms with Crippen LogP contribution in [0.1, 0.15) is 16.1 Å². The van der Waals surface area contributed by atoms with Crippen molar-refractivity contribution in [3.63, 3.8) is 0 Å². The number of nitrogens with zero attached hydrogens (tertiary/aromatic N) is 2. The van der Waals surface area contributed by atoms with Crippen LogP contribution in [0.2, 0.25) is 0 Å². The molecule has 0 saturated heterocycles. The molecule has 0 aliphatic rings. The summed E-state index contributed by atoms with van der Waals surface area (Å²) in [6.45, 7) is 1.74. The molecule has 0 fully saturated rings. The highest BCUT2D eigenvalue weighted by Crippen LogP contribution is 2.14. The standard InChI is InChI=1S/C11H9FN2O2/c1-7-6-8(12)2-3-10(7)14-5-4-9(13-14)11(15)16/h2-6H,1H3,(H,15,16). The van der Waals surface area contributed by atoms with Gasteiger partial charge in [0.05, 0.1) is 5.69 Å². The number of rotatable bonds is 2. The lowest BCUT2D eigenvalue weighted by molar-refractivity contribution is 0.0690. The van der Waals surface area contributed by atoms with Crippen molar-refractivity contribution in [2.45, 2.75) is 6.92 Å². The maximum absolute atomic E-state index is 12.9. The van der Waals surface area contributed by atoms with Crippen LogP contribution in [0.4, 0.5) is 4.39 Å². The monoisotopic (exact) mass is 220 g/mol. The van der Waals surface area contributed by atoms with Gasteiger partial charge in [0, 0.05) is 6.20 Å². The molecule has 0 aliphatic heterocycles. The molecule has 0 amide bonds. The Morgan fingerprint density at radius 3 is 2.75 bits per heavy atom. The van der Waals surface area contributed by atoms with Crippen molar-refractivity contribution in [3.8, 4) is 5.69 Å². The Morgan fingerprint density at radius 1 is 1.44 bits per heavy atom. The predicted molar refractivity (Wildman–Crippen MR) is 55.2 cm³/mol. The first kappa shape index (κ1) is 10.4. The first-order chi connectivity index (χ1) is 7.58. The molecule has 4 nitrogen and oxygen atoms in total. The Balaban J connectivity index is 2.46. The molecule has 16 heavy (non-hydrogen) atoms. The Morgan fingerprint density at radius 2 is 2.19 bits per heavy atom. The first-order valence-corrected chi connectivity index (χ1v) is 4.63. The molecule has 5 heteroatoms. The lowest BCUT2D eigenvalue weighted by atomic mass is 10.2. The molecule has 1 N–H and O–H groups in total. The smallest absolute Gasteiger partial charge is 0.356 e. The largest absolute Gasteiger partial charge is 0.476 e. The molecule has 0 saturated carbocycles. The van der Waals surface area contributed by atoms with Gasteiger partial charge in [-0.05, 0) is 36.8 Å². The summed E-state index contributed by atoms with van der Waals surface area (Å²) in [5.74, 6) is -1.41. The van der Waals surface area contributed by atoms with Crippen LogP contribution in [0.15, 0.2) is 30.5 Å². The molecular weight excluding hydrogens is 211 g/mol. The second kappa shape index (κ2) is 3.77. The number of aryl methyl sites for hydroxylation is 1. The lowest BCUT2D eigenvalue weighted by Crippen LogP contribution is -2.02. The van der Waals surface area contributed by atoms with Gasteiger partial charge in [-0.1, -0.05) is 0 Å². The van der Waals surface area contributed by atoms with Gasteiger partial charge in [0.1, 0.15) is 5.82 Å². The number of aromatic nitrogens is 2. The molecule has 0 bridgehead atoms. The number of carbonyl (C=O) groups is 1. The second-order valence-corrected chi connectivity index (χ2v) is 3.38. The number of carboxylic acid groups (broad SMARTS) is 1. The third kappa shape index (κ3) is 1.79. The SMILES string of the molecule is Cc1cc(F)ccc1-n1ccc(C(=O)O)n1. The molecule has 2 aromatic rings. The molecule has 0 radical (unpaired) electrons. The summed E-state index contributed by atoms with van der Waals surface area (Å²) < 4.78 is 14.3. The van der Waals surface area contributed by atoms with E-state index < -0.39 is 5.97 Å². The molecule has 2 rings (SSSR count). The summed E-state index contributed by atoms with van der Waals surface area (Å²) in [6.07, 6.45) is 1.53. The number of hydrogen-bond donors (Lipinski definition) is 1. The van der Waals surface area contributed by atoms with Crippen LogP contribution in [0.5, 0.6) is 0 Å². The Hall–Kier alpha value is -2.17. The molecule has 0 unspecified atom stereocenters. The summed E-state index contributed by atoms with van der Waals surface area (Å²) in [6, 6.07) is 5.64. The highest BCUT2D eigenvalue weighted by Gasteiger charge is 2.09. The zero-order valence-electron chi connectivity index (χ0n) is 8.51. The van der Waals surface area contributed by atoms with Crippen molar-refractivity contribution in [2.24, 2.45) is 0 Å². The molecule has 1 aromatic heterocycles. The van der Waals surface area contributed by atoms with Gasteiger partial charge >= 0.3 is 5.97 Å². The topological polar surface area (TPSA) is 55.1 Å². The van der Waals surface area contributed by atoms with Gasteiger partial charge in [0.15, 0.2) is 5.69 Å². The van der Waals surface area contributed by atoms with Crippen molar-refractivity contribution in [1.82, 2.24) is 9.78 Å². The quantitative estimate of drug-likeness (QED) is 0.842. The zero-order valence-corrected chi connectivity index (χ0v) is 8.51. The Labute approximate surface area is 90.9 Å². The van der Waals surface area contributed by atoms with E-state index in [1.54, 1.807) is 13.0 Å². The van der Waals surface area contributed by atoms with Crippen LogP contribution in [0.3, 0.4) is 0 Å². The summed E-state index contributed by atoms with van der Waals surface area (Å²) in [7, 11) is 0. The normalized spacial score (nSPS) is 10.4. The van der Waals surface area contributed by atoms with Crippen LogP contribution in [-0.2, 0) is 0 Å². The van der Waals surface area contributed by atoms with E-state index >= 15 is 0 Å². The van der Waals surface area contributed by atoms with E-state index in [0.29, 0.717) is 11.3 Å². The number of carboxylic acids is 1. The van der Waals surface area contributed by atoms with E-state index in [9.17, 15) is 9.18 Å². The lowest BCUT2D eigenvalue weighted by Gasteiger charge is -2.04. The first-order valence-electron chi connectivity index (χ1n) is 4.63. The minimum absolute atomic E-state index is 0.0382. The van der Waals surface area contributed by atoms with Gasteiger partial charge in [-0.3, -0.25) is 0 Å². The highest BCUT2D eigenvalue weighted by molar-refractivity contribution is 5.85. The molecule has 0 spiro atoms. The molecule has 1 aromatic carbocycles. The van der Waals surface area contributed by atoms with Gasteiger partial charge in [0.2, 0.25) is 0 Å². The van der Waals surface area contributed by atoms with Gasteiger partial charge in [-0.2, -0.15) is 5.10 Å². The van der Waals surface area contributed by atoms with Gasteiger partial charge in [-0.25, -0.2) is 13.9 Å². The second-order valence-electron chi connectivity index (χ2n) is 3.38. The highest BCUT2D eigenvalue weighted by atomic mass is 19.1. The fourth-order valence-electron chi connectivity index (χ4n) is 1.45. The number of benzene rings is 1. The van der Waals surface area contributed by atoms with Crippen molar-refractivity contribution in [1.29, 1.82) is 0 Å². The van der Waals surface area contributed by atoms with Crippen molar-refractivity contribution >= 4 is 5.97 Å². The minimum Gasteiger partial charge on any atom is -0.476 e. The predicted octanol–water partition coefficient (Wildman–Crippen LogP) is 2.02. The molecule has 82 valence electrons. The van der Waals surface area contributed by atoms with Crippen LogP contribution >= 0.6 is 0 Å². The summed E-state index contributed by atoms with van der Waals surface area (Å²) in [5, 5.41) is 12.6. The number of aromatic carboxylic acids is 1. The van der Waals surface area contributed by atoms with E-state index in [1.165, 1.54) is 29.1 Å². The van der Waals surface area contributed by atoms with E-state index in [1.807, 2.05) is 0 Å². The van der Waals surface area contributed by atoms with E-state index in [4.69, 9.17) is 5.11 Å². The summed E-state index contributed by atoms with van der Waals surface area (Å²) in [5.41, 5.74) is 1.32. The van der Waals surface area contributed by atoms with E-state index in [0.717, 1.165) is 0 Å². The fourth-order valence-corrected chi connectivity index (χ4v) is 1.45. The van der Waals surface area contributed by atoms with E-state index in [-0.39, 0.29) is 11.5 Å². The fraction of sp³-hybridized carbons (Fsp3) is 0.0909. The molecular formula is C11H9FN2O2. The summed E-state index contributed by atoms with van der Waals surface area (Å²) >= 11 is 0. The average molecular weight is 220 g/mol. The number of halogens is 1. The Bertz CT molecular complexity index is 549. The maximum atomic E-state index is 12.9. The third-order valence-electron chi connectivity index (χ3n) is 2.21. The van der Waals surface area contributed by atoms with Crippen LogP contribution in [0, 0.1) is 12.7 Å². The van der Waals surface area contributed by atoms with Gasteiger partial charge < -0.3 is 5.11 Å². The van der Waals surface area contributed by atoms with Crippen LogP contribution < -0.4 is 0 Å². The van der Waals surface area contributed by atoms with Gasteiger partial charge in [0.25, 0.3) is 0 Å². The average Bonchev–Trinajstić information content (AvgIpc) is 2.66. The Kier molecular flexibility index (Phi) is 2.44. The van der Waals surface area contributed by atoms with Crippen molar-refractivity contribution in [3.05, 3.63) is 47.5 Å². The summed E-state index contributed by atoms with van der Waals surface area (Å²) in [4.78, 5) is 10.6. The molecule has 1 heterocycles. The zero-order chi connectivity index (χ0) is 11.7. The van der Waals surface area contributed by atoms with Crippen molar-refractivity contribution in [2.75, 3.05) is 0 Å². The van der Waals surface area contributed by atoms with E-state index in [2.05, 4.69) is 5.10 Å². The van der Waals surface area contributed by atoms with Crippen LogP contribution in [-0.4, -0.2) is 20.9 Å². The molecule has 0 atom stereocenters. The molecule has 0 aliphatic carbocycles. The van der Waals surface area contributed by atoms with Crippen molar-refractivity contribution < 1.29 is 14.3 Å². The minimum atomic E-state index is -1.08. The number of hydrogen-bond acceptors (Lipinski definition) is 2. The third-order valence-corrected chi connectivity index (χ3v) is 2.21. The van der Waals surface area contributed by atoms with Gasteiger partial charge in [-0.15, -0.1) is 0 Å². The maximum Gasteiger partial charge on any atom is 0.356 e.